The van der Waals surface area contributed by atoms with E-state index in [1.165, 1.54) is 19.2 Å². The highest BCUT2D eigenvalue weighted by Gasteiger charge is 2.36. The van der Waals surface area contributed by atoms with Gasteiger partial charge in [0, 0.05) is 39.0 Å². The minimum absolute atomic E-state index is 0.0143. The number of carbonyl (C=O) groups is 2. The van der Waals surface area contributed by atoms with Crippen molar-refractivity contribution in [2.24, 2.45) is 0 Å². The van der Waals surface area contributed by atoms with Crippen molar-refractivity contribution < 1.29 is 18.7 Å². The highest BCUT2D eigenvalue weighted by Crippen LogP contribution is 2.27. The van der Waals surface area contributed by atoms with Gasteiger partial charge >= 0.3 is 0 Å². The zero-order chi connectivity index (χ0) is 23.4. The molecular formula is C26H26FN3O3. The topological polar surface area (TPSA) is 62.7 Å². The van der Waals surface area contributed by atoms with E-state index in [1.807, 2.05) is 36.4 Å². The van der Waals surface area contributed by atoms with E-state index in [9.17, 15) is 14.0 Å². The maximum absolute atomic E-state index is 14.1. The summed E-state index contributed by atoms with van der Waals surface area (Å²) in [7, 11) is 3.15. The normalized spacial score (nSPS) is 16.1. The number of pyridine rings is 1. The van der Waals surface area contributed by atoms with E-state index in [0.29, 0.717) is 25.1 Å². The first-order valence-electron chi connectivity index (χ1n) is 10.8. The van der Waals surface area contributed by atoms with Crippen molar-refractivity contribution in [3.05, 3.63) is 83.9 Å². The van der Waals surface area contributed by atoms with Crippen LogP contribution in [0.4, 0.5) is 4.39 Å². The van der Waals surface area contributed by atoms with Crippen LogP contribution in [0, 0.1) is 5.82 Å². The van der Waals surface area contributed by atoms with E-state index in [0.717, 1.165) is 16.7 Å². The molecule has 0 spiro atoms. The van der Waals surface area contributed by atoms with Crippen molar-refractivity contribution in [2.45, 2.75) is 18.9 Å². The summed E-state index contributed by atoms with van der Waals surface area (Å²) in [6.45, 7) is 0.895. The Hall–Kier alpha value is -3.74. The second-order valence-corrected chi connectivity index (χ2v) is 8.11. The first kappa shape index (κ1) is 22.5. The van der Waals surface area contributed by atoms with Gasteiger partial charge in [-0.1, -0.05) is 30.3 Å². The second-order valence-electron chi connectivity index (χ2n) is 8.11. The molecule has 2 aromatic carbocycles. The first-order chi connectivity index (χ1) is 16.0. The summed E-state index contributed by atoms with van der Waals surface area (Å²) in [5.74, 6) is -0.681. The van der Waals surface area contributed by atoms with Crippen molar-refractivity contribution in [1.82, 2.24) is 14.8 Å². The van der Waals surface area contributed by atoms with Gasteiger partial charge in [0.05, 0.1) is 13.5 Å². The molecule has 2 heterocycles. The number of amides is 2. The summed E-state index contributed by atoms with van der Waals surface area (Å²) < 4.78 is 19.1. The number of likely N-dealkylation sites (N-methyl/N-ethyl adjacent to an activating group) is 1. The average Bonchev–Trinajstić information content (AvgIpc) is 2.83. The van der Waals surface area contributed by atoms with Gasteiger partial charge in [0.25, 0.3) is 0 Å². The molecule has 1 atom stereocenters. The van der Waals surface area contributed by atoms with E-state index >= 15 is 0 Å². The molecule has 0 aliphatic carbocycles. The number of nitrogens with zero attached hydrogens (tertiary/aromatic N) is 3. The molecule has 1 fully saturated rings. The SMILES string of the molecule is COc1ccc(CC(=O)N2CCN(C)C(=O)C2Cc2ccccc2-c2ccncc2)cc1F. The molecule has 7 heteroatoms. The van der Waals surface area contributed by atoms with Gasteiger partial charge in [-0.05, 0) is 46.5 Å². The number of rotatable bonds is 6. The highest BCUT2D eigenvalue weighted by molar-refractivity contribution is 5.90. The van der Waals surface area contributed by atoms with Crippen molar-refractivity contribution in [2.75, 3.05) is 27.2 Å². The predicted octanol–water partition coefficient (Wildman–Crippen LogP) is 3.35. The standard InChI is InChI=1S/C26H26FN3O3/c1-29-13-14-30(25(31)16-18-7-8-24(33-2)22(27)15-18)23(26(29)32)17-20-5-3-4-6-21(20)19-9-11-28-12-10-19/h3-12,15,23H,13-14,16-17H2,1-2H3. The lowest BCUT2D eigenvalue weighted by molar-refractivity contribution is -0.149. The maximum atomic E-state index is 14.1. The lowest BCUT2D eigenvalue weighted by atomic mass is 9.93. The third kappa shape index (κ3) is 4.87. The molecular weight excluding hydrogens is 421 g/mol. The fourth-order valence-electron chi connectivity index (χ4n) is 4.22. The quantitative estimate of drug-likeness (QED) is 0.582. The summed E-state index contributed by atoms with van der Waals surface area (Å²) in [6, 6.07) is 15.6. The van der Waals surface area contributed by atoms with Crippen LogP contribution in [0.1, 0.15) is 11.1 Å². The summed E-state index contributed by atoms with van der Waals surface area (Å²) >= 11 is 0. The van der Waals surface area contributed by atoms with Crippen LogP contribution in [-0.4, -0.2) is 59.9 Å². The number of halogens is 1. The van der Waals surface area contributed by atoms with Crippen molar-refractivity contribution in [1.29, 1.82) is 0 Å². The number of piperazine rings is 1. The molecule has 33 heavy (non-hydrogen) atoms. The largest absolute Gasteiger partial charge is 0.494 e. The molecule has 0 radical (unpaired) electrons. The first-order valence-corrected chi connectivity index (χ1v) is 10.8. The lowest BCUT2D eigenvalue weighted by Gasteiger charge is -2.39. The van der Waals surface area contributed by atoms with Gasteiger partial charge in [-0.25, -0.2) is 4.39 Å². The second kappa shape index (κ2) is 9.81. The molecule has 1 aliphatic rings. The van der Waals surface area contributed by atoms with E-state index in [4.69, 9.17) is 4.74 Å². The van der Waals surface area contributed by atoms with Crippen LogP contribution < -0.4 is 4.74 Å². The molecule has 2 amide bonds. The smallest absolute Gasteiger partial charge is 0.245 e. The zero-order valence-corrected chi connectivity index (χ0v) is 18.7. The molecule has 0 N–H and O–H groups in total. The number of methoxy groups -OCH3 is 1. The zero-order valence-electron chi connectivity index (χ0n) is 18.7. The highest BCUT2D eigenvalue weighted by atomic mass is 19.1. The van der Waals surface area contributed by atoms with Crippen LogP contribution in [0.2, 0.25) is 0 Å². The van der Waals surface area contributed by atoms with Crippen molar-refractivity contribution >= 4 is 11.8 Å². The number of carbonyl (C=O) groups excluding carboxylic acids is 2. The molecule has 0 bridgehead atoms. The van der Waals surface area contributed by atoms with Gasteiger partial charge in [-0.3, -0.25) is 14.6 Å². The molecule has 0 saturated carbocycles. The average molecular weight is 448 g/mol. The van der Waals surface area contributed by atoms with Gasteiger partial charge in [-0.15, -0.1) is 0 Å². The van der Waals surface area contributed by atoms with Gasteiger partial charge < -0.3 is 14.5 Å². The number of hydrogen-bond acceptors (Lipinski definition) is 4. The Bertz CT molecular complexity index is 1150. The number of hydrogen-bond donors (Lipinski definition) is 0. The minimum Gasteiger partial charge on any atom is -0.494 e. The molecule has 170 valence electrons. The number of benzene rings is 2. The fraction of sp³-hybridized carbons (Fsp3) is 0.269. The number of aromatic nitrogens is 1. The van der Waals surface area contributed by atoms with Crippen molar-refractivity contribution in [3.63, 3.8) is 0 Å². The number of ether oxygens (including phenoxy) is 1. The Morgan fingerprint density at radius 2 is 1.88 bits per heavy atom. The molecule has 4 rings (SSSR count). The molecule has 1 aliphatic heterocycles. The summed E-state index contributed by atoms with van der Waals surface area (Å²) in [5.41, 5.74) is 3.53. The Labute approximate surface area is 192 Å². The van der Waals surface area contributed by atoms with Crippen LogP contribution in [-0.2, 0) is 22.4 Å². The van der Waals surface area contributed by atoms with Gasteiger partial charge in [0.2, 0.25) is 11.8 Å². The Morgan fingerprint density at radius 3 is 2.61 bits per heavy atom. The van der Waals surface area contributed by atoms with E-state index in [-0.39, 0.29) is 24.0 Å². The molecule has 1 aromatic heterocycles. The van der Waals surface area contributed by atoms with Crippen LogP contribution in [0.3, 0.4) is 0 Å². The van der Waals surface area contributed by atoms with Gasteiger partial charge in [0.1, 0.15) is 6.04 Å². The molecule has 1 saturated heterocycles. The lowest BCUT2D eigenvalue weighted by Crippen LogP contribution is -2.58. The third-order valence-corrected chi connectivity index (χ3v) is 6.03. The Kier molecular flexibility index (Phi) is 6.68. The van der Waals surface area contributed by atoms with Crippen LogP contribution in [0.5, 0.6) is 5.75 Å². The maximum Gasteiger partial charge on any atom is 0.245 e. The Balaban J connectivity index is 1.60. The minimum atomic E-state index is -0.623. The predicted molar refractivity (Wildman–Crippen MR) is 123 cm³/mol. The van der Waals surface area contributed by atoms with Crippen LogP contribution in [0.25, 0.3) is 11.1 Å². The monoisotopic (exact) mass is 447 g/mol. The summed E-state index contributed by atoms with van der Waals surface area (Å²) in [5, 5.41) is 0. The van der Waals surface area contributed by atoms with Crippen LogP contribution in [0.15, 0.2) is 67.0 Å². The van der Waals surface area contributed by atoms with Gasteiger partial charge in [0.15, 0.2) is 11.6 Å². The van der Waals surface area contributed by atoms with Crippen molar-refractivity contribution in [3.8, 4) is 16.9 Å². The van der Waals surface area contributed by atoms with E-state index < -0.39 is 11.9 Å². The van der Waals surface area contributed by atoms with Gasteiger partial charge in [-0.2, -0.15) is 0 Å². The molecule has 1 unspecified atom stereocenters. The molecule has 3 aromatic rings. The Morgan fingerprint density at radius 1 is 1.12 bits per heavy atom. The van der Waals surface area contributed by atoms with E-state index in [2.05, 4.69) is 4.98 Å². The fourth-order valence-corrected chi connectivity index (χ4v) is 4.22. The summed E-state index contributed by atoms with van der Waals surface area (Å²) in [6.07, 6.45) is 3.87. The summed E-state index contributed by atoms with van der Waals surface area (Å²) in [4.78, 5) is 33.7. The third-order valence-electron chi connectivity index (χ3n) is 6.03. The van der Waals surface area contributed by atoms with E-state index in [1.54, 1.807) is 35.3 Å². The molecule has 6 nitrogen and oxygen atoms in total. The van der Waals surface area contributed by atoms with Crippen LogP contribution >= 0.6 is 0 Å².